The van der Waals surface area contributed by atoms with Gasteiger partial charge in [-0.05, 0) is 38.0 Å². The summed E-state index contributed by atoms with van der Waals surface area (Å²) in [7, 11) is 3.29. The van der Waals surface area contributed by atoms with Gasteiger partial charge in [-0.15, -0.1) is 6.58 Å². The first-order chi connectivity index (χ1) is 10.7. The first kappa shape index (κ1) is 17.9. The molecule has 0 saturated carbocycles. The Kier molecular flexibility index (Phi) is 7.89. The van der Waals surface area contributed by atoms with Gasteiger partial charge in [-0.2, -0.15) is 0 Å². The van der Waals surface area contributed by atoms with Gasteiger partial charge < -0.3 is 20.1 Å². The van der Waals surface area contributed by atoms with Gasteiger partial charge in [-0.1, -0.05) is 6.08 Å². The van der Waals surface area contributed by atoms with E-state index in [9.17, 15) is 0 Å². The third-order valence-corrected chi connectivity index (χ3v) is 3.09. The number of nitrogens with zero attached hydrogens (tertiary/aromatic N) is 1. The Bertz CT molecular complexity index is 505. The quantitative estimate of drug-likeness (QED) is 0.440. The van der Waals surface area contributed by atoms with Crippen LogP contribution in [0.3, 0.4) is 0 Å². The van der Waals surface area contributed by atoms with Crippen molar-refractivity contribution in [3.63, 3.8) is 0 Å². The molecule has 2 N–H and O–H groups in total. The lowest BCUT2D eigenvalue weighted by Crippen LogP contribution is -2.36. The maximum Gasteiger partial charge on any atom is 0.191 e. The summed E-state index contributed by atoms with van der Waals surface area (Å²) in [5.41, 5.74) is 2.12. The summed E-state index contributed by atoms with van der Waals surface area (Å²) in [6.07, 6.45) is 2.58. The normalized spacial score (nSPS) is 9.82. The van der Waals surface area contributed by atoms with E-state index in [0.717, 1.165) is 48.1 Å². The third kappa shape index (κ3) is 4.98. The van der Waals surface area contributed by atoms with Crippen LogP contribution in [0.25, 0.3) is 0 Å². The lowest BCUT2D eigenvalue weighted by atomic mass is 10.1. The van der Waals surface area contributed by atoms with Crippen LogP contribution in [0.1, 0.15) is 25.0 Å². The molecule has 0 aliphatic carbocycles. The Morgan fingerprint density at radius 1 is 1.18 bits per heavy atom. The molecule has 0 saturated heterocycles. The van der Waals surface area contributed by atoms with E-state index in [4.69, 9.17) is 9.47 Å². The van der Waals surface area contributed by atoms with Crippen molar-refractivity contribution in [2.75, 3.05) is 27.3 Å². The Labute approximate surface area is 133 Å². The molecule has 122 valence electrons. The zero-order valence-electron chi connectivity index (χ0n) is 14.0. The molecule has 5 nitrogen and oxygen atoms in total. The average molecular weight is 305 g/mol. The topological polar surface area (TPSA) is 54.9 Å². The minimum atomic E-state index is 0.569. The summed E-state index contributed by atoms with van der Waals surface area (Å²) in [4.78, 5) is 4.58. The Morgan fingerprint density at radius 3 is 2.36 bits per heavy atom. The molecule has 0 heterocycles. The predicted octanol–water partition coefficient (Wildman–Crippen LogP) is 2.51. The molecule has 0 bridgehead atoms. The van der Waals surface area contributed by atoms with E-state index < -0.39 is 0 Å². The van der Waals surface area contributed by atoms with Crippen molar-refractivity contribution in [3.05, 3.63) is 35.9 Å². The fourth-order valence-electron chi connectivity index (χ4n) is 2.18. The highest BCUT2D eigenvalue weighted by molar-refractivity contribution is 5.79. The van der Waals surface area contributed by atoms with Gasteiger partial charge in [-0.25, -0.2) is 4.99 Å². The van der Waals surface area contributed by atoms with E-state index in [1.165, 1.54) is 0 Å². The highest BCUT2D eigenvalue weighted by Crippen LogP contribution is 2.33. The maximum atomic E-state index is 5.44. The lowest BCUT2D eigenvalue weighted by Gasteiger charge is -2.14. The summed E-state index contributed by atoms with van der Waals surface area (Å²) in [6, 6.07) is 4.05. The van der Waals surface area contributed by atoms with Gasteiger partial charge in [0.15, 0.2) is 17.5 Å². The van der Waals surface area contributed by atoms with Crippen LogP contribution in [0.15, 0.2) is 29.8 Å². The van der Waals surface area contributed by atoms with Crippen molar-refractivity contribution in [2.45, 2.75) is 26.8 Å². The van der Waals surface area contributed by atoms with Crippen LogP contribution in [0.5, 0.6) is 11.5 Å². The SMILES string of the molecule is C=CCc1cc(CN=C(NCC)NCC)cc(OC)c1OC. The van der Waals surface area contributed by atoms with Crippen LogP contribution in [0.4, 0.5) is 0 Å². The summed E-state index contributed by atoms with van der Waals surface area (Å²) >= 11 is 0. The highest BCUT2D eigenvalue weighted by atomic mass is 16.5. The molecule has 1 aromatic carbocycles. The van der Waals surface area contributed by atoms with Crippen molar-refractivity contribution in [2.24, 2.45) is 4.99 Å². The maximum absolute atomic E-state index is 5.44. The van der Waals surface area contributed by atoms with Crippen molar-refractivity contribution < 1.29 is 9.47 Å². The minimum Gasteiger partial charge on any atom is -0.493 e. The zero-order chi connectivity index (χ0) is 16.4. The van der Waals surface area contributed by atoms with Gasteiger partial charge in [0, 0.05) is 18.7 Å². The number of aliphatic imine (C=N–C) groups is 1. The van der Waals surface area contributed by atoms with Crippen LogP contribution in [-0.2, 0) is 13.0 Å². The van der Waals surface area contributed by atoms with E-state index >= 15 is 0 Å². The first-order valence-corrected chi connectivity index (χ1v) is 7.56. The van der Waals surface area contributed by atoms with Crippen molar-refractivity contribution >= 4 is 5.96 Å². The van der Waals surface area contributed by atoms with Crippen molar-refractivity contribution in [3.8, 4) is 11.5 Å². The molecule has 0 aliphatic heterocycles. The second-order valence-corrected chi connectivity index (χ2v) is 4.71. The number of benzene rings is 1. The van der Waals surface area contributed by atoms with Gasteiger partial charge in [0.1, 0.15) is 0 Å². The summed E-state index contributed by atoms with van der Waals surface area (Å²) in [5.74, 6) is 2.29. The number of hydrogen-bond donors (Lipinski definition) is 2. The van der Waals surface area contributed by atoms with Gasteiger partial charge in [-0.3, -0.25) is 0 Å². The fraction of sp³-hybridized carbons (Fsp3) is 0.471. The molecule has 0 atom stereocenters. The monoisotopic (exact) mass is 305 g/mol. The van der Waals surface area contributed by atoms with Crippen molar-refractivity contribution in [1.82, 2.24) is 10.6 Å². The molecule has 0 fully saturated rings. The average Bonchev–Trinajstić information content (AvgIpc) is 2.52. The van der Waals surface area contributed by atoms with E-state index in [-0.39, 0.29) is 0 Å². The van der Waals surface area contributed by atoms with Crippen molar-refractivity contribution in [1.29, 1.82) is 0 Å². The third-order valence-electron chi connectivity index (χ3n) is 3.09. The number of rotatable bonds is 8. The lowest BCUT2D eigenvalue weighted by molar-refractivity contribution is 0.352. The largest absolute Gasteiger partial charge is 0.493 e. The zero-order valence-corrected chi connectivity index (χ0v) is 14.0. The number of hydrogen-bond acceptors (Lipinski definition) is 3. The van der Waals surface area contributed by atoms with E-state index in [1.54, 1.807) is 14.2 Å². The predicted molar refractivity (Wildman–Crippen MR) is 91.9 cm³/mol. The number of methoxy groups -OCH3 is 2. The molecule has 1 aromatic rings. The molecule has 0 spiro atoms. The molecule has 0 aromatic heterocycles. The fourth-order valence-corrected chi connectivity index (χ4v) is 2.18. The molecule has 0 aliphatic rings. The summed E-state index contributed by atoms with van der Waals surface area (Å²) in [6.45, 7) is 10.1. The summed E-state index contributed by atoms with van der Waals surface area (Å²) in [5, 5.41) is 6.42. The number of ether oxygens (including phenoxy) is 2. The molecule has 5 heteroatoms. The van der Waals surface area contributed by atoms with Gasteiger partial charge in [0.25, 0.3) is 0 Å². The highest BCUT2D eigenvalue weighted by Gasteiger charge is 2.11. The molecule has 0 amide bonds. The Morgan fingerprint density at radius 2 is 1.86 bits per heavy atom. The number of allylic oxidation sites excluding steroid dienone is 1. The second-order valence-electron chi connectivity index (χ2n) is 4.71. The Balaban J connectivity index is 3.05. The first-order valence-electron chi connectivity index (χ1n) is 7.56. The van der Waals surface area contributed by atoms with E-state index in [2.05, 4.69) is 28.3 Å². The van der Waals surface area contributed by atoms with Crippen LogP contribution in [0.2, 0.25) is 0 Å². The minimum absolute atomic E-state index is 0.569. The number of guanidine groups is 1. The molecule has 1 rings (SSSR count). The summed E-state index contributed by atoms with van der Waals surface area (Å²) < 4.78 is 10.9. The van der Waals surface area contributed by atoms with E-state index in [0.29, 0.717) is 6.54 Å². The van der Waals surface area contributed by atoms with Gasteiger partial charge in [0.05, 0.1) is 20.8 Å². The molecular weight excluding hydrogens is 278 g/mol. The molecular formula is C17H27N3O2. The van der Waals surface area contributed by atoms with Crippen LogP contribution < -0.4 is 20.1 Å². The molecule has 22 heavy (non-hydrogen) atoms. The number of nitrogens with one attached hydrogen (secondary N) is 2. The van der Waals surface area contributed by atoms with Gasteiger partial charge >= 0.3 is 0 Å². The standard InChI is InChI=1S/C17H27N3O2/c1-6-9-14-10-13(11-15(21-4)16(14)22-5)12-20-17(18-7-2)19-8-3/h6,10-11H,1,7-9,12H2,2-5H3,(H2,18,19,20). The van der Waals surface area contributed by atoms with Crippen LogP contribution >= 0.6 is 0 Å². The smallest absolute Gasteiger partial charge is 0.191 e. The van der Waals surface area contributed by atoms with E-state index in [1.807, 2.05) is 26.0 Å². The van der Waals surface area contributed by atoms with Gasteiger partial charge in [0.2, 0.25) is 0 Å². The Hall–Kier alpha value is -2.17. The molecule has 0 unspecified atom stereocenters. The van der Waals surface area contributed by atoms with Crippen LogP contribution in [0, 0.1) is 0 Å². The second kappa shape index (κ2) is 9.71. The molecule has 0 radical (unpaired) electrons. The van der Waals surface area contributed by atoms with Crippen LogP contribution in [-0.4, -0.2) is 33.3 Å².